The highest BCUT2D eigenvalue weighted by Gasteiger charge is 2.70. The second-order valence-corrected chi connectivity index (χ2v) is 10.4. The van der Waals surface area contributed by atoms with Crippen molar-refractivity contribution in [2.75, 3.05) is 18.5 Å². The molecule has 3 amide bonds. The summed E-state index contributed by atoms with van der Waals surface area (Å²) >= 11 is 0. The van der Waals surface area contributed by atoms with Crippen LogP contribution in [0.15, 0.2) is 115 Å². The van der Waals surface area contributed by atoms with E-state index in [1.165, 1.54) is 0 Å². The third kappa shape index (κ3) is 3.27. The fourth-order valence-corrected chi connectivity index (χ4v) is 6.66. The van der Waals surface area contributed by atoms with Crippen LogP contribution in [0.25, 0.3) is 0 Å². The summed E-state index contributed by atoms with van der Waals surface area (Å²) in [6, 6.07) is 35.2. The molecule has 3 heterocycles. The van der Waals surface area contributed by atoms with Crippen LogP contribution in [0.2, 0.25) is 0 Å². The Labute approximate surface area is 232 Å². The molecular formula is C33H27N3O4. The second kappa shape index (κ2) is 9.09. The van der Waals surface area contributed by atoms with E-state index >= 15 is 0 Å². The van der Waals surface area contributed by atoms with E-state index in [0.717, 1.165) is 22.3 Å². The molecule has 0 unspecified atom stereocenters. The Balaban J connectivity index is 1.48. The summed E-state index contributed by atoms with van der Waals surface area (Å²) in [5.41, 5.74) is 2.96. The van der Waals surface area contributed by atoms with E-state index in [-0.39, 0.29) is 18.4 Å². The minimum absolute atomic E-state index is 0.101. The van der Waals surface area contributed by atoms with Crippen molar-refractivity contribution in [2.24, 2.45) is 0 Å². The van der Waals surface area contributed by atoms with Gasteiger partial charge in [-0.05, 0) is 22.8 Å². The van der Waals surface area contributed by atoms with Gasteiger partial charge < -0.3 is 14.5 Å². The Morgan fingerprint density at radius 1 is 0.725 bits per heavy atom. The zero-order valence-corrected chi connectivity index (χ0v) is 21.9. The Bertz CT molecular complexity index is 1610. The van der Waals surface area contributed by atoms with Crippen molar-refractivity contribution in [3.63, 3.8) is 0 Å². The van der Waals surface area contributed by atoms with Gasteiger partial charge in [-0.2, -0.15) is 0 Å². The Kier molecular flexibility index (Phi) is 5.49. The molecular weight excluding hydrogens is 502 g/mol. The van der Waals surface area contributed by atoms with Gasteiger partial charge in [0.25, 0.3) is 0 Å². The van der Waals surface area contributed by atoms with Gasteiger partial charge >= 0.3 is 6.09 Å². The molecule has 4 aromatic rings. The number of ether oxygens (including phenoxy) is 1. The molecule has 0 spiro atoms. The maximum atomic E-state index is 14.2. The molecule has 7 rings (SSSR count). The van der Waals surface area contributed by atoms with E-state index in [9.17, 15) is 14.4 Å². The number of amides is 3. The average Bonchev–Trinajstić information content (AvgIpc) is 3.31. The third-order valence-electron chi connectivity index (χ3n) is 8.45. The van der Waals surface area contributed by atoms with Crippen LogP contribution in [0.3, 0.4) is 0 Å². The van der Waals surface area contributed by atoms with Gasteiger partial charge in [0.15, 0.2) is 6.10 Å². The number of hydrogen-bond donors (Lipinski definition) is 0. The lowest BCUT2D eigenvalue weighted by Gasteiger charge is -2.59. The van der Waals surface area contributed by atoms with E-state index in [1.54, 1.807) is 21.7 Å². The lowest BCUT2D eigenvalue weighted by Crippen LogP contribution is -2.77. The molecule has 2 fully saturated rings. The van der Waals surface area contributed by atoms with Crippen LogP contribution in [-0.4, -0.2) is 47.3 Å². The van der Waals surface area contributed by atoms with Crippen LogP contribution in [0.4, 0.5) is 10.5 Å². The zero-order chi connectivity index (χ0) is 27.4. The smallest absolute Gasteiger partial charge is 0.411 e. The number of likely N-dealkylation sites (N-methyl/N-ethyl adjacent to an activating group) is 1. The number of anilines is 1. The molecule has 0 radical (unpaired) electrons. The predicted molar refractivity (Wildman–Crippen MR) is 149 cm³/mol. The van der Waals surface area contributed by atoms with E-state index < -0.39 is 29.8 Å². The van der Waals surface area contributed by atoms with Crippen molar-refractivity contribution in [3.05, 3.63) is 138 Å². The summed E-state index contributed by atoms with van der Waals surface area (Å²) in [5, 5.41) is 0. The van der Waals surface area contributed by atoms with Crippen molar-refractivity contribution in [3.8, 4) is 0 Å². The number of benzene rings is 4. The molecule has 4 aromatic carbocycles. The Hall–Kier alpha value is -4.91. The average molecular weight is 530 g/mol. The number of rotatable bonds is 4. The predicted octanol–water partition coefficient (Wildman–Crippen LogP) is 5.05. The first-order valence-corrected chi connectivity index (χ1v) is 13.4. The van der Waals surface area contributed by atoms with Crippen LogP contribution in [0, 0.1) is 0 Å². The first kappa shape index (κ1) is 24.2. The van der Waals surface area contributed by atoms with Crippen molar-refractivity contribution in [1.82, 2.24) is 9.80 Å². The lowest BCUT2D eigenvalue weighted by atomic mass is 9.67. The molecule has 3 aliphatic rings. The number of carbonyl (C=O) groups excluding carboxylic acids is 3. The maximum Gasteiger partial charge on any atom is 0.411 e. The maximum absolute atomic E-state index is 14.2. The topological polar surface area (TPSA) is 70.2 Å². The van der Waals surface area contributed by atoms with Gasteiger partial charge in [0.1, 0.15) is 24.2 Å². The minimum Gasteiger partial charge on any atom is -0.439 e. The number of cyclic esters (lactones) is 1. The quantitative estimate of drug-likeness (QED) is 0.347. The van der Waals surface area contributed by atoms with Crippen molar-refractivity contribution < 1.29 is 19.1 Å². The molecule has 0 bridgehead atoms. The number of β-lactam (4-membered cyclic amide) rings is 1. The molecule has 40 heavy (non-hydrogen) atoms. The first-order chi connectivity index (χ1) is 19.5. The van der Waals surface area contributed by atoms with Gasteiger partial charge in [-0.1, -0.05) is 109 Å². The third-order valence-corrected chi connectivity index (χ3v) is 8.45. The van der Waals surface area contributed by atoms with E-state index in [4.69, 9.17) is 4.74 Å². The first-order valence-electron chi connectivity index (χ1n) is 13.4. The monoisotopic (exact) mass is 529 g/mol. The van der Waals surface area contributed by atoms with Crippen LogP contribution in [0.1, 0.15) is 34.4 Å². The number of carbonyl (C=O) groups is 3. The fraction of sp³-hybridized carbons (Fsp3) is 0.182. The van der Waals surface area contributed by atoms with Crippen molar-refractivity contribution >= 4 is 23.6 Å². The normalized spacial score (nSPS) is 25.6. The molecule has 198 valence electrons. The molecule has 7 heteroatoms. The summed E-state index contributed by atoms with van der Waals surface area (Å²) in [5.74, 6) is -0.475. The van der Waals surface area contributed by atoms with Crippen LogP contribution >= 0.6 is 0 Å². The minimum atomic E-state index is -1.09. The number of para-hydroxylation sites is 1. The lowest BCUT2D eigenvalue weighted by molar-refractivity contribution is -0.171. The highest BCUT2D eigenvalue weighted by molar-refractivity contribution is 6.05. The summed E-state index contributed by atoms with van der Waals surface area (Å²) in [6.45, 7) is -0.101. The van der Waals surface area contributed by atoms with E-state index in [1.807, 2.05) is 115 Å². The Morgan fingerprint density at radius 3 is 1.98 bits per heavy atom. The van der Waals surface area contributed by atoms with Crippen LogP contribution in [0.5, 0.6) is 0 Å². The van der Waals surface area contributed by atoms with Crippen molar-refractivity contribution in [2.45, 2.75) is 23.7 Å². The van der Waals surface area contributed by atoms with Gasteiger partial charge in [0.05, 0.1) is 0 Å². The number of nitrogens with zero attached hydrogens (tertiary/aromatic N) is 3. The highest BCUT2D eigenvalue weighted by Crippen LogP contribution is 2.57. The van der Waals surface area contributed by atoms with Crippen molar-refractivity contribution in [1.29, 1.82) is 0 Å². The standard InChI is InChI=1S/C33H27N3O4/c1-34-26-20-12-11-19-25(26)33(24-17-9-4-10-18-24)30(31(38)35(33)21-27(34)37)36-28(22-13-5-2-6-14-22)29(40-32(36)39)23-15-7-3-8-16-23/h2-20,28-30H,21H2,1H3/t28-,29+,30+,33-/m0/s1. The number of hydrogen-bond acceptors (Lipinski definition) is 4. The molecule has 0 aliphatic carbocycles. The van der Waals surface area contributed by atoms with E-state index in [0.29, 0.717) is 5.69 Å². The SMILES string of the molecule is CN1C(=O)CN2C(=O)[C@@H](N3C(=O)O[C@H](c4ccccc4)[C@@H]3c3ccccc3)[C@]2(c2ccccc2)c2ccccc21. The van der Waals surface area contributed by atoms with Crippen LogP contribution < -0.4 is 4.90 Å². The molecule has 7 nitrogen and oxygen atoms in total. The van der Waals surface area contributed by atoms with Gasteiger partial charge in [-0.15, -0.1) is 0 Å². The van der Waals surface area contributed by atoms with Gasteiger partial charge in [0.2, 0.25) is 11.8 Å². The summed E-state index contributed by atoms with van der Waals surface area (Å²) in [4.78, 5) is 46.4. The molecule has 2 saturated heterocycles. The fourth-order valence-electron chi connectivity index (χ4n) is 6.66. The highest BCUT2D eigenvalue weighted by atomic mass is 16.6. The molecule has 0 saturated carbocycles. The number of fused-ring (bicyclic) bond motifs is 3. The van der Waals surface area contributed by atoms with Gasteiger partial charge in [-0.25, -0.2) is 4.79 Å². The van der Waals surface area contributed by atoms with Gasteiger partial charge in [0, 0.05) is 18.3 Å². The Morgan fingerprint density at radius 2 is 1.30 bits per heavy atom. The van der Waals surface area contributed by atoms with Gasteiger partial charge in [-0.3, -0.25) is 14.5 Å². The molecule has 0 N–H and O–H groups in total. The summed E-state index contributed by atoms with van der Waals surface area (Å²) in [7, 11) is 1.73. The summed E-state index contributed by atoms with van der Waals surface area (Å²) in [6.07, 6.45) is -1.17. The van der Waals surface area contributed by atoms with E-state index in [2.05, 4.69) is 0 Å². The second-order valence-electron chi connectivity index (χ2n) is 10.4. The molecule has 3 aliphatic heterocycles. The van der Waals surface area contributed by atoms with Crippen LogP contribution in [-0.2, 0) is 19.9 Å². The summed E-state index contributed by atoms with van der Waals surface area (Å²) < 4.78 is 6.09. The zero-order valence-electron chi connectivity index (χ0n) is 21.9. The largest absolute Gasteiger partial charge is 0.439 e. The molecule has 0 aromatic heterocycles. The molecule has 4 atom stereocenters.